The van der Waals surface area contributed by atoms with Crippen molar-refractivity contribution < 1.29 is 4.42 Å². The maximum Gasteiger partial charge on any atom is 0.195 e. The molecule has 2 fully saturated rings. The van der Waals surface area contributed by atoms with Gasteiger partial charge in [0, 0.05) is 50.7 Å². The average molecular weight is 822 g/mol. The van der Waals surface area contributed by atoms with Crippen LogP contribution in [0.2, 0.25) is 0 Å². The van der Waals surface area contributed by atoms with Gasteiger partial charge in [-0.1, -0.05) is 30.3 Å². The number of oxazole rings is 1. The molecule has 0 aliphatic carbocycles. The van der Waals surface area contributed by atoms with Crippen LogP contribution in [0.4, 0.5) is 0 Å². The fourth-order valence-electron chi connectivity index (χ4n) is 10.4. The lowest BCUT2D eigenvalue weighted by Gasteiger charge is -2.41. The number of benzene rings is 2. The Bertz CT molecular complexity index is 2920. The van der Waals surface area contributed by atoms with E-state index in [-0.39, 0.29) is 24.2 Å². The highest BCUT2D eigenvalue weighted by Crippen LogP contribution is 2.44. The highest BCUT2D eigenvalue weighted by Gasteiger charge is 2.37. The van der Waals surface area contributed by atoms with Gasteiger partial charge in [0.25, 0.3) is 0 Å². The van der Waals surface area contributed by atoms with Crippen LogP contribution in [0, 0.1) is 13.8 Å². The summed E-state index contributed by atoms with van der Waals surface area (Å²) in [4.78, 5) is 42.6. The number of rotatable bonds is 11. The molecule has 0 radical (unpaired) electrons. The average Bonchev–Trinajstić information content (AvgIpc) is 4.14. The number of aromatic amines is 2. The quantitative estimate of drug-likeness (QED) is 0.131. The SMILES string of the molecule is Cc1cccnc1[C@@H]1CCC[C@H](c2nc3ccc(-c4ccnc([C@@H]5CCC[C@H](c6nc7ccccc7[nH]6)N5CCc5ncco5)c4C)cc3[nH]2)N1CCc1cn2ccccc2n1. The van der Waals surface area contributed by atoms with E-state index in [4.69, 9.17) is 29.3 Å². The molecule has 4 atom stereocenters. The van der Waals surface area contributed by atoms with Gasteiger partial charge in [0.05, 0.1) is 69.5 Å². The molecule has 0 spiro atoms. The summed E-state index contributed by atoms with van der Waals surface area (Å²) in [6, 6.07) is 28.0. The van der Waals surface area contributed by atoms with Crippen molar-refractivity contribution in [2.24, 2.45) is 0 Å². The minimum Gasteiger partial charge on any atom is -0.449 e. The van der Waals surface area contributed by atoms with E-state index in [1.54, 1.807) is 12.5 Å². The Morgan fingerprint density at radius 2 is 1.37 bits per heavy atom. The van der Waals surface area contributed by atoms with Gasteiger partial charge in [-0.3, -0.25) is 19.8 Å². The molecule has 0 unspecified atom stereocenters. The molecule has 62 heavy (non-hydrogen) atoms. The third-order valence-electron chi connectivity index (χ3n) is 13.4. The maximum absolute atomic E-state index is 5.71. The van der Waals surface area contributed by atoms with Crippen LogP contribution >= 0.6 is 0 Å². The predicted molar refractivity (Wildman–Crippen MR) is 240 cm³/mol. The Hall–Kier alpha value is -6.50. The fraction of sp³-hybridized carbons (Fsp3) is 0.320. The second kappa shape index (κ2) is 16.4. The van der Waals surface area contributed by atoms with E-state index in [0.29, 0.717) is 6.42 Å². The van der Waals surface area contributed by atoms with Crippen LogP contribution in [0.25, 0.3) is 38.8 Å². The molecule has 0 bridgehead atoms. The Balaban J connectivity index is 0.906. The number of aromatic nitrogens is 9. The third-order valence-corrected chi connectivity index (χ3v) is 13.4. The first-order chi connectivity index (χ1) is 30.5. The summed E-state index contributed by atoms with van der Waals surface area (Å²) in [6.45, 7) is 6.05. The van der Waals surface area contributed by atoms with Gasteiger partial charge in [-0.05, 0) is 123 Å². The van der Waals surface area contributed by atoms with E-state index in [1.165, 1.54) is 16.7 Å². The molecule has 9 aromatic rings. The number of nitrogens with zero attached hydrogens (tertiary/aromatic N) is 9. The fourth-order valence-corrected chi connectivity index (χ4v) is 10.4. The molecule has 2 aliphatic heterocycles. The van der Waals surface area contributed by atoms with E-state index in [2.05, 4.69) is 110 Å². The Labute approximate surface area is 360 Å². The molecule has 0 amide bonds. The second-order valence-corrected chi connectivity index (χ2v) is 17.1. The number of imidazole rings is 3. The van der Waals surface area contributed by atoms with Crippen LogP contribution in [0.5, 0.6) is 0 Å². The molecule has 312 valence electrons. The number of para-hydroxylation sites is 2. The molecule has 2 aliphatic rings. The van der Waals surface area contributed by atoms with Crippen LogP contribution in [-0.4, -0.2) is 67.2 Å². The van der Waals surface area contributed by atoms with Gasteiger partial charge < -0.3 is 18.8 Å². The number of piperidine rings is 2. The van der Waals surface area contributed by atoms with Crippen molar-refractivity contribution in [2.45, 2.75) is 89.4 Å². The molecule has 12 nitrogen and oxygen atoms in total. The van der Waals surface area contributed by atoms with Crippen molar-refractivity contribution in [3.8, 4) is 11.1 Å². The van der Waals surface area contributed by atoms with Gasteiger partial charge >= 0.3 is 0 Å². The van der Waals surface area contributed by atoms with Crippen LogP contribution in [-0.2, 0) is 12.8 Å². The monoisotopic (exact) mass is 821 g/mol. The van der Waals surface area contributed by atoms with Crippen molar-refractivity contribution in [1.29, 1.82) is 0 Å². The summed E-state index contributed by atoms with van der Waals surface area (Å²) in [6.07, 6.45) is 19.4. The van der Waals surface area contributed by atoms with E-state index < -0.39 is 0 Å². The summed E-state index contributed by atoms with van der Waals surface area (Å²) in [5.74, 6) is 2.76. The van der Waals surface area contributed by atoms with Gasteiger partial charge in [-0.15, -0.1) is 0 Å². The van der Waals surface area contributed by atoms with Crippen molar-refractivity contribution >= 4 is 27.7 Å². The number of pyridine rings is 3. The molecular formula is C50H51N11O. The highest BCUT2D eigenvalue weighted by atomic mass is 16.3. The Morgan fingerprint density at radius 3 is 2.15 bits per heavy atom. The molecule has 11 rings (SSSR count). The molecule has 12 heteroatoms. The first-order valence-corrected chi connectivity index (χ1v) is 22.2. The van der Waals surface area contributed by atoms with Crippen molar-refractivity contribution in [2.75, 3.05) is 13.1 Å². The van der Waals surface area contributed by atoms with Gasteiger partial charge in [-0.25, -0.2) is 19.9 Å². The first kappa shape index (κ1) is 38.4. The molecule has 2 aromatic carbocycles. The predicted octanol–water partition coefficient (Wildman–Crippen LogP) is 10.2. The van der Waals surface area contributed by atoms with Crippen molar-refractivity contribution in [3.63, 3.8) is 0 Å². The van der Waals surface area contributed by atoms with Gasteiger partial charge in [0.2, 0.25) is 0 Å². The molecular weight excluding hydrogens is 771 g/mol. The van der Waals surface area contributed by atoms with E-state index in [1.807, 2.05) is 36.7 Å². The zero-order valence-corrected chi connectivity index (χ0v) is 35.3. The van der Waals surface area contributed by atoms with E-state index in [9.17, 15) is 0 Å². The number of H-pyrrole nitrogens is 2. The molecule has 2 saturated heterocycles. The lowest BCUT2D eigenvalue weighted by atomic mass is 9.89. The summed E-state index contributed by atoms with van der Waals surface area (Å²) < 4.78 is 7.82. The van der Waals surface area contributed by atoms with Gasteiger partial charge in [0.1, 0.15) is 23.6 Å². The number of likely N-dealkylation sites (tertiary alicyclic amines) is 2. The second-order valence-electron chi connectivity index (χ2n) is 17.1. The first-order valence-electron chi connectivity index (χ1n) is 22.2. The number of aryl methyl sites for hydroxylation is 1. The van der Waals surface area contributed by atoms with Gasteiger partial charge in [0.15, 0.2) is 5.89 Å². The molecule has 2 N–H and O–H groups in total. The summed E-state index contributed by atoms with van der Waals surface area (Å²) in [7, 11) is 0. The van der Waals surface area contributed by atoms with Crippen LogP contribution < -0.4 is 0 Å². The minimum absolute atomic E-state index is 0.105. The Morgan fingerprint density at radius 1 is 0.645 bits per heavy atom. The third kappa shape index (κ3) is 7.26. The summed E-state index contributed by atoms with van der Waals surface area (Å²) in [5.41, 5.74) is 13.2. The number of nitrogens with one attached hydrogen (secondary N) is 2. The maximum atomic E-state index is 5.71. The number of hydrogen-bond donors (Lipinski definition) is 2. The topological polar surface area (TPSA) is 133 Å². The van der Waals surface area contributed by atoms with Crippen LogP contribution in [0.3, 0.4) is 0 Å². The van der Waals surface area contributed by atoms with E-state index >= 15 is 0 Å². The molecule has 0 saturated carbocycles. The standard InChI is InChI=1S/C50H51N11O/c1-32-10-9-23-52-47(32)41-13-7-15-44(60(41)27-21-35-31-59-26-6-5-17-45(59)54-35)50-57-39-19-18-34(30-40(39)58-50)36-20-24-53-48(33(36)2)42-14-8-16-43(61(42)28-22-46-51-25-29-62-46)49-55-37-11-3-4-12-38(37)56-49/h3-6,9-12,17-20,23-26,29-31,41-44H,7-8,13-16,21-22,27-28H2,1-2H3,(H,55,56)(H,57,58)/t41-,42-,43+,44+/m0/s1. The summed E-state index contributed by atoms with van der Waals surface area (Å²) in [5, 5.41) is 0. The largest absolute Gasteiger partial charge is 0.449 e. The minimum atomic E-state index is 0.105. The van der Waals surface area contributed by atoms with Gasteiger partial charge in [-0.2, -0.15) is 0 Å². The molecule has 9 heterocycles. The normalized spacial score (nSPS) is 20.2. The Kier molecular flexibility index (Phi) is 10.2. The van der Waals surface area contributed by atoms with Crippen LogP contribution in [0.15, 0.2) is 121 Å². The van der Waals surface area contributed by atoms with Crippen molar-refractivity contribution in [3.05, 3.63) is 162 Å². The zero-order chi connectivity index (χ0) is 41.6. The highest BCUT2D eigenvalue weighted by molar-refractivity contribution is 5.83. The van der Waals surface area contributed by atoms with Crippen LogP contribution in [0.1, 0.15) is 108 Å². The smallest absolute Gasteiger partial charge is 0.195 e. The zero-order valence-electron chi connectivity index (χ0n) is 35.3. The lowest BCUT2D eigenvalue weighted by Crippen LogP contribution is -2.39. The van der Waals surface area contributed by atoms with Crippen molar-refractivity contribution in [1.82, 2.24) is 54.1 Å². The number of hydrogen-bond acceptors (Lipinski definition) is 9. The van der Waals surface area contributed by atoms with E-state index in [0.717, 1.165) is 126 Å². The lowest BCUT2D eigenvalue weighted by molar-refractivity contribution is 0.0740. The summed E-state index contributed by atoms with van der Waals surface area (Å²) >= 11 is 0. The molecule has 7 aromatic heterocycles. The number of fused-ring (bicyclic) bond motifs is 3.